The molecule has 1 atom stereocenters. The molecule has 1 N–H and O–H groups in total. The van der Waals surface area contributed by atoms with Crippen LogP contribution in [-0.2, 0) is 13.0 Å². The summed E-state index contributed by atoms with van der Waals surface area (Å²) in [5.74, 6) is 0. The van der Waals surface area contributed by atoms with Crippen molar-refractivity contribution in [2.24, 2.45) is 0 Å². The number of hydrogen-bond donors (Lipinski definition) is 1. The minimum absolute atomic E-state index is 0.798. The molecule has 2 nitrogen and oxygen atoms in total. The van der Waals surface area contributed by atoms with E-state index in [2.05, 4.69) is 35.3 Å². The van der Waals surface area contributed by atoms with Crippen LogP contribution in [0.15, 0.2) is 18.2 Å². The standard InChI is InChI=1S/C18H28N2/c1-2-17-8-4-3-5-12-20(17)14-15-9-10-18-16(13-15)7-6-11-19-18/h9-10,13,17,19H,2-8,11-12,14H2,1H3. The lowest BCUT2D eigenvalue weighted by Crippen LogP contribution is -2.33. The van der Waals surface area contributed by atoms with Crippen molar-refractivity contribution in [2.45, 2.75) is 64.5 Å². The SMILES string of the molecule is CCC1CCCCCN1Cc1ccc2c(c1)CCCN2. The minimum Gasteiger partial charge on any atom is -0.385 e. The number of nitrogens with one attached hydrogen (secondary N) is 1. The molecule has 110 valence electrons. The van der Waals surface area contributed by atoms with Gasteiger partial charge in [-0.3, -0.25) is 4.90 Å². The lowest BCUT2D eigenvalue weighted by Gasteiger charge is -2.29. The molecule has 2 heterocycles. The molecule has 0 bridgehead atoms. The topological polar surface area (TPSA) is 15.3 Å². The van der Waals surface area contributed by atoms with Gasteiger partial charge in [-0.2, -0.15) is 0 Å². The van der Waals surface area contributed by atoms with Gasteiger partial charge in [0.1, 0.15) is 0 Å². The van der Waals surface area contributed by atoms with Gasteiger partial charge in [0.05, 0.1) is 0 Å². The summed E-state index contributed by atoms with van der Waals surface area (Å²) in [6.07, 6.45) is 9.42. The second-order valence-electron chi connectivity index (χ2n) is 6.40. The lowest BCUT2D eigenvalue weighted by atomic mass is 10.00. The van der Waals surface area contributed by atoms with Crippen LogP contribution in [0.5, 0.6) is 0 Å². The Hall–Kier alpha value is -1.02. The molecule has 0 amide bonds. The van der Waals surface area contributed by atoms with Gasteiger partial charge in [-0.1, -0.05) is 31.9 Å². The van der Waals surface area contributed by atoms with Crippen LogP contribution < -0.4 is 5.32 Å². The number of hydrogen-bond acceptors (Lipinski definition) is 2. The largest absolute Gasteiger partial charge is 0.385 e. The van der Waals surface area contributed by atoms with Crippen molar-refractivity contribution >= 4 is 5.69 Å². The van der Waals surface area contributed by atoms with Crippen LogP contribution in [0.4, 0.5) is 5.69 Å². The van der Waals surface area contributed by atoms with Crippen LogP contribution in [0, 0.1) is 0 Å². The molecule has 1 aromatic carbocycles. The van der Waals surface area contributed by atoms with Gasteiger partial charge < -0.3 is 5.32 Å². The van der Waals surface area contributed by atoms with Gasteiger partial charge in [0, 0.05) is 24.8 Å². The predicted octanol–water partition coefficient (Wildman–Crippen LogP) is 4.20. The summed E-state index contributed by atoms with van der Waals surface area (Å²) in [5, 5.41) is 3.51. The maximum absolute atomic E-state index is 3.51. The van der Waals surface area contributed by atoms with Gasteiger partial charge >= 0.3 is 0 Å². The zero-order valence-electron chi connectivity index (χ0n) is 12.8. The fourth-order valence-electron chi connectivity index (χ4n) is 3.77. The Morgan fingerprint density at radius 3 is 3.05 bits per heavy atom. The summed E-state index contributed by atoms with van der Waals surface area (Å²) in [6, 6.07) is 7.86. The van der Waals surface area contributed by atoms with Gasteiger partial charge in [0.2, 0.25) is 0 Å². The van der Waals surface area contributed by atoms with Gasteiger partial charge in [-0.15, -0.1) is 0 Å². The third kappa shape index (κ3) is 3.17. The Morgan fingerprint density at radius 1 is 1.20 bits per heavy atom. The summed E-state index contributed by atoms with van der Waals surface area (Å²) in [5.41, 5.74) is 4.40. The van der Waals surface area contributed by atoms with Crippen molar-refractivity contribution in [3.8, 4) is 0 Å². The first-order chi connectivity index (χ1) is 9.86. The van der Waals surface area contributed by atoms with E-state index in [0.29, 0.717) is 0 Å². The van der Waals surface area contributed by atoms with E-state index in [-0.39, 0.29) is 0 Å². The van der Waals surface area contributed by atoms with Crippen LogP contribution in [-0.4, -0.2) is 24.0 Å². The van der Waals surface area contributed by atoms with Crippen LogP contribution in [0.2, 0.25) is 0 Å². The molecule has 3 rings (SSSR count). The molecule has 0 aliphatic carbocycles. The molecular weight excluding hydrogens is 244 g/mol. The molecule has 0 saturated carbocycles. The van der Waals surface area contributed by atoms with Crippen LogP contribution >= 0.6 is 0 Å². The first-order valence-corrected chi connectivity index (χ1v) is 8.46. The molecule has 2 heteroatoms. The number of anilines is 1. The second kappa shape index (κ2) is 6.62. The van der Waals surface area contributed by atoms with Crippen molar-refractivity contribution in [2.75, 3.05) is 18.4 Å². The maximum atomic E-state index is 3.51. The Labute approximate surface area is 123 Å². The number of likely N-dealkylation sites (tertiary alicyclic amines) is 1. The summed E-state index contributed by atoms with van der Waals surface area (Å²) < 4.78 is 0. The van der Waals surface area contributed by atoms with E-state index in [0.717, 1.165) is 19.1 Å². The zero-order chi connectivity index (χ0) is 13.8. The van der Waals surface area contributed by atoms with E-state index < -0.39 is 0 Å². The zero-order valence-corrected chi connectivity index (χ0v) is 12.8. The number of fused-ring (bicyclic) bond motifs is 1. The number of nitrogens with zero attached hydrogens (tertiary/aromatic N) is 1. The van der Waals surface area contributed by atoms with Crippen molar-refractivity contribution in [3.63, 3.8) is 0 Å². The number of aryl methyl sites for hydroxylation is 1. The predicted molar refractivity (Wildman–Crippen MR) is 86.2 cm³/mol. The summed E-state index contributed by atoms with van der Waals surface area (Å²) in [7, 11) is 0. The monoisotopic (exact) mass is 272 g/mol. The van der Waals surface area contributed by atoms with Gasteiger partial charge in [0.25, 0.3) is 0 Å². The molecule has 0 radical (unpaired) electrons. The second-order valence-corrected chi connectivity index (χ2v) is 6.40. The Bertz CT molecular complexity index is 441. The highest BCUT2D eigenvalue weighted by Gasteiger charge is 2.20. The first kappa shape index (κ1) is 13.9. The van der Waals surface area contributed by atoms with E-state index in [9.17, 15) is 0 Å². The van der Waals surface area contributed by atoms with Crippen LogP contribution in [0.1, 0.15) is 56.6 Å². The van der Waals surface area contributed by atoms with E-state index in [1.165, 1.54) is 68.3 Å². The molecule has 1 fully saturated rings. The van der Waals surface area contributed by atoms with Crippen LogP contribution in [0.25, 0.3) is 0 Å². The summed E-state index contributed by atoms with van der Waals surface area (Å²) >= 11 is 0. The van der Waals surface area contributed by atoms with Crippen LogP contribution in [0.3, 0.4) is 0 Å². The molecule has 2 aliphatic heterocycles. The molecular formula is C18H28N2. The lowest BCUT2D eigenvalue weighted by molar-refractivity contribution is 0.186. The molecule has 2 aliphatic rings. The Morgan fingerprint density at radius 2 is 2.15 bits per heavy atom. The molecule has 1 aromatic rings. The average Bonchev–Trinajstić information content (AvgIpc) is 2.72. The summed E-state index contributed by atoms with van der Waals surface area (Å²) in [4.78, 5) is 2.73. The van der Waals surface area contributed by atoms with Crippen molar-refractivity contribution in [1.82, 2.24) is 4.90 Å². The number of rotatable bonds is 3. The third-order valence-corrected chi connectivity index (χ3v) is 4.96. The maximum Gasteiger partial charge on any atom is 0.0372 e. The van der Waals surface area contributed by atoms with Crippen molar-refractivity contribution < 1.29 is 0 Å². The molecule has 1 unspecified atom stereocenters. The highest BCUT2D eigenvalue weighted by atomic mass is 15.2. The fraction of sp³-hybridized carbons (Fsp3) is 0.667. The molecule has 0 aromatic heterocycles. The molecule has 20 heavy (non-hydrogen) atoms. The average molecular weight is 272 g/mol. The Balaban J connectivity index is 1.72. The first-order valence-electron chi connectivity index (χ1n) is 8.46. The van der Waals surface area contributed by atoms with Crippen molar-refractivity contribution in [3.05, 3.63) is 29.3 Å². The fourth-order valence-corrected chi connectivity index (χ4v) is 3.77. The minimum atomic E-state index is 0.798. The highest BCUT2D eigenvalue weighted by molar-refractivity contribution is 5.54. The van der Waals surface area contributed by atoms with E-state index in [1.54, 1.807) is 0 Å². The van der Waals surface area contributed by atoms with E-state index in [1.807, 2.05) is 0 Å². The van der Waals surface area contributed by atoms with Gasteiger partial charge in [0.15, 0.2) is 0 Å². The Kier molecular flexibility index (Phi) is 4.62. The number of benzene rings is 1. The third-order valence-electron chi connectivity index (χ3n) is 4.96. The summed E-state index contributed by atoms with van der Waals surface area (Å²) in [6.45, 7) is 5.91. The quantitative estimate of drug-likeness (QED) is 0.887. The smallest absolute Gasteiger partial charge is 0.0372 e. The van der Waals surface area contributed by atoms with E-state index >= 15 is 0 Å². The highest BCUT2D eigenvalue weighted by Crippen LogP contribution is 2.26. The van der Waals surface area contributed by atoms with Crippen molar-refractivity contribution in [1.29, 1.82) is 0 Å². The normalized spacial score (nSPS) is 23.8. The van der Waals surface area contributed by atoms with E-state index in [4.69, 9.17) is 0 Å². The van der Waals surface area contributed by atoms with Gasteiger partial charge in [-0.05, 0) is 55.8 Å². The molecule has 1 saturated heterocycles. The van der Waals surface area contributed by atoms with Gasteiger partial charge in [-0.25, -0.2) is 0 Å². The molecule has 0 spiro atoms.